The topological polar surface area (TPSA) is 69.9 Å². The molecule has 1 amide bonds. The number of para-hydroxylation sites is 1. The molecule has 4 rings (SSSR count). The molecule has 4 aromatic rings. The molecule has 174 valence electrons. The maximum Gasteiger partial charge on any atom is 0.326 e. The summed E-state index contributed by atoms with van der Waals surface area (Å²) < 4.78 is 13.6. The van der Waals surface area contributed by atoms with Gasteiger partial charge in [-0.05, 0) is 37.1 Å². The van der Waals surface area contributed by atoms with Gasteiger partial charge in [0.25, 0.3) is 5.91 Å². The number of esters is 1. The van der Waals surface area contributed by atoms with Crippen LogP contribution in [-0.4, -0.2) is 29.7 Å². The van der Waals surface area contributed by atoms with E-state index in [4.69, 9.17) is 9.47 Å². The van der Waals surface area contributed by atoms with Crippen LogP contribution >= 0.6 is 11.3 Å². The Morgan fingerprint density at radius 1 is 0.882 bits per heavy atom. The van der Waals surface area contributed by atoms with Gasteiger partial charge in [-0.1, -0.05) is 78.1 Å². The van der Waals surface area contributed by atoms with Gasteiger partial charge in [0.2, 0.25) is 0 Å². The number of hydrogen-bond acceptors (Lipinski definition) is 5. The summed E-state index contributed by atoms with van der Waals surface area (Å²) in [5.74, 6) is -0.628. The van der Waals surface area contributed by atoms with E-state index in [0.29, 0.717) is 17.2 Å². The van der Waals surface area contributed by atoms with Crippen molar-refractivity contribution in [3.05, 3.63) is 94.8 Å². The first-order valence-electron chi connectivity index (χ1n) is 11.2. The van der Waals surface area contributed by atoms with Crippen molar-refractivity contribution < 1.29 is 19.1 Å². The van der Waals surface area contributed by atoms with Gasteiger partial charge in [0.1, 0.15) is 17.8 Å². The number of carbonyl (C=O) groups is 2. The smallest absolute Gasteiger partial charge is 0.326 e. The van der Waals surface area contributed by atoms with Crippen LogP contribution < -0.4 is 9.54 Å². The molecule has 34 heavy (non-hydrogen) atoms. The van der Waals surface area contributed by atoms with E-state index in [1.165, 1.54) is 11.3 Å². The molecule has 0 aliphatic heterocycles. The highest BCUT2D eigenvalue weighted by Gasteiger charge is 2.23. The maximum absolute atomic E-state index is 13.6. The minimum absolute atomic E-state index is 0.0641. The summed E-state index contributed by atoms with van der Waals surface area (Å²) >= 11 is 1.35. The lowest BCUT2D eigenvalue weighted by Crippen LogP contribution is -2.24. The molecule has 1 aromatic heterocycles. The first-order chi connectivity index (χ1) is 16.6. The SMILES string of the molecule is CCOC(=O)Cn1c(=NC(=O)C(c2ccccc2)c2ccccc2)sc2cccc(OCC)c21. The van der Waals surface area contributed by atoms with Gasteiger partial charge < -0.3 is 14.0 Å². The molecule has 7 heteroatoms. The van der Waals surface area contributed by atoms with Gasteiger partial charge in [0, 0.05) is 0 Å². The molecule has 0 radical (unpaired) electrons. The fraction of sp³-hybridized carbons (Fsp3) is 0.222. The van der Waals surface area contributed by atoms with Crippen LogP contribution in [0.2, 0.25) is 0 Å². The number of fused-ring (bicyclic) bond motifs is 1. The molecular weight excluding hydrogens is 448 g/mol. The number of carbonyl (C=O) groups excluding carboxylic acids is 2. The summed E-state index contributed by atoms with van der Waals surface area (Å²) in [6.45, 7) is 4.35. The number of thiazole rings is 1. The molecular formula is C27H26N2O4S. The van der Waals surface area contributed by atoms with E-state index in [2.05, 4.69) is 4.99 Å². The number of benzene rings is 3. The molecule has 0 saturated carbocycles. The lowest BCUT2D eigenvalue weighted by atomic mass is 9.91. The van der Waals surface area contributed by atoms with Crippen LogP contribution in [0.25, 0.3) is 10.2 Å². The Kier molecular flexibility index (Phi) is 7.54. The maximum atomic E-state index is 13.6. The highest BCUT2D eigenvalue weighted by Crippen LogP contribution is 2.29. The zero-order chi connectivity index (χ0) is 23.9. The molecule has 6 nitrogen and oxygen atoms in total. The first-order valence-corrected chi connectivity index (χ1v) is 12.0. The predicted molar refractivity (Wildman–Crippen MR) is 133 cm³/mol. The Morgan fingerprint density at radius 2 is 1.53 bits per heavy atom. The summed E-state index contributed by atoms with van der Waals surface area (Å²) in [6, 6.07) is 24.9. The summed E-state index contributed by atoms with van der Waals surface area (Å²) in [7, 11) is 0. The van der Waals surface area contributed by atoms with E-state index < -0.39 is 11.9 Å². The number of ether oxygens (including phenoxy) is 2. The summed E-state index contributed by atoms with van der Waals surface area (Å²) in [4.78, 5) is 31.0. The molecule has 0 aliphatic rings. The minimum atomic E-state index is -0.560. The summed E-state index contributed by atoms with van der Waals surface area (Å²) in [5.41, 5.74) is 2.44. The zero-order valence-electron chi connectivity index (χ0n) is 19.1. The van der Waals surface area contributed by atoms with Crippen molar-refractivity contribution in [3.63, 3.8) is 0 Å². The van der Waals surface area contributed by atoms with Gasteiger partial charge in [-0.25, -0.2) is 0 Å². The zero-order valence-corrected chi connectivity index (χ0v) is 20.0. The minimum Gasteiger partial charge on any atom is -0.492 e. The van der Waals surface area contributed by atoms with Crippen LogP contribution in [-0.2, 0) is 20.9 Å². The van der Waals surface area contributed by atoms with Crippen LogP contribution in [0.15, 0.2) is 83.9 Å². The van der Waals surface area contributed by atoms with Crippen LogP contribution in [0.3, 0.4) is 0 Å². The van der Waals surface area contributed by atoms with E-state index in [0.717, 1.165) is 21.3 Å². The van der Waals surface area contributed by atoms with Gasteiger partial charge in [-0.2, -0.15) is 4.99 Å². The number of aromatic nitrogens is 1. The third kappa shape index (κ3) is 5.10. The van der Waals surface area contributed by atoms with E-state index in [1.807, 2.05) is 85.8 Å². The van der Waals surface area contributed by atoms with Gasteiger partial charge in [0.15, 0.2) is 4.80 Å². The molecule has 0 spiro atoms. The molecule has 0 N–H and O–H groups in total. The number of nitrogens with zero attached hydrogens (tertiary/aromatic N) is 2. The van der Waals surface area contributed by atoms with Crippen molar-refractivity contribution >= 4 is 33.4 Å². The third-order valence-electron chi connectivity index (χ3n) is 5.28. The van der Waals surface area contributed by atoms with Crippen LogP contribution in [0.5, 0.6) is 5.75 Å². The fourth-order valence-electron chi connectivity index (χ4n) is 3.86. The second kappa shape index (κ2) is 10.9. The molecule has 1 heterocycles. The molecule has 0 fully saturated rings. The van der Waals surface area contributed by atoms with Gasteiger partial charge in [-0.15, -0.1) is 0 Å². The molecule has 0 bridgehead atoms. The van der Waals surface area contributed by atoms with Crippen molar-refractivity contribution in [2.75, 3.05) is 13.2 Å². The summed E-state index contributed by atoms with van der Waals surface area (Å²) in [5, 5.41) is 0. The molecule has 0 atom stereocenters. The monoisotopic (exact) mass is 474 g/mol. The lowest BCUT2D eigenvalue weighted by molar-refractivity contribution is -0.143. The number of hydrogen-bond donors (Lipinski definition) is 0. The normalized spacial score (nSPS) is 11.7. The average Bonchev–Trinajstić information content (AvgIpc) is 3.18. The van der Waals surface area contributed by atoms with Gasteiger partial charge in [0.05, 0.1) is 23.8 Å². The largest absolute Gasteiger partial charge is 0.492 e. The highest BCUT2D eigenvalue weighted by molar-refractivity contribution is 7.16. The average molecular weight is 475 g/mol. The highest BCUT2D eigenvalue weighted by atomic mass is 32.1. The quantitative estimate of drug-likeness (QED) is 0.340. The van der Waals surface area contributed by atoms with Crippen molar-refractivity contribution in [1.29, 1.82) is 0 Å². The second-order valence-corrected chi connectivity index (χ2v) is 8.53. The Hall–Kier alpha value is -3.71. The Balaban J connectivity index is 1.87. The van der Waals surface area contributed by atoms with Crippen molar-refractivity contribution in [3.8, 4) is 5.75 Å². The van der Waals surface area contributed by atoms with Crippen molar-refractivity contribution in [2.24, 2.45) is 4.99 Å². The Morgan fingerprint density at radius 3 is 2.12 bits per heavy atom. The summed E-state index contributed by atoms with van der Waals surface area (Å²) in [6.07, 6.45) is 0. The Labute approximate surface area is 202 Å². The van der Waals surface area contributed by atoms with Crippen LogP contribution in [0.4, 0.5) is 0 Å². The van der Waals surface area contributed by atoms with Gasteiger partial charge >= 0.3 is 5.97 Å². The lowest BCUT2D eigenvalue weighted by Gasteiger charge is -2.14. The number of rotatable bonds is 8. The Bertz CT molecular complexity index is 1300. The van der Waals surface area contributed by atoms with Crippen molar-refractivity contribution in [2.45, 2.75) is 26.3 Å². The fourth-order valence-corrected chi connectivity index (χ4v) is 4.92. The number of amides is 1. The molecule has 3 aromatic carbocycles. The van der Waals surface area contributed by atoms with Crippen LogP contribution in [0.1, 0.15) is 30.9 Å². The van der Waals surface area contributed by atoms with E-state index in [9.17, 15) is 9.59 Å². The molecule has 0 saturated heterocycles. The van der Waals surface area contributed by atoms with Gasteiger partial charge in [-0.3, -0.25) is 9.59 Å². The van der Waals surface area contributed by atoms with E-state index in [-0.39, 0.29) is 19.1 Å². The predicted octanol–water partition coefficient (Wildman–Crippen LogP) is 4.92. The second-order valence-electron chi connectivity index (χ2n) is 7.52. The van der Waals surface area contributed by atoms with Crippen LogP contribution in [0, 0.1) is 0 Å². The van der Waals surface area contributed by atoms with E-state index >= 15 is 0 Å². The van der Waals surface area contributed by atoms with E-state index in [1.54, 1.807) is 11.5 Å². The third-order valence-corrected chi connectivity index (χ3v) is 6.32. The first kappa shape index (κ1) is 23.4. The van der Waals surface area contributed by atoms with Crippen molar-refractivity contribution in [1.82, 2.24) is 4.57 Å². The molecule has 0 unspecified atom stereocenters. The molecule has 0 aliphatic carbocycles. The standard InChI is InChI=1S/C27H26N2O4S/c1-3-32-21-16-11-17-22-25(21)29(18-23(30)33-4-2)27(34-22)28-26(31)24(19-12-7-5-8-13-19)20-14-9-6-10-15-20/h5-17,24H,3-4,18H2,1-2H3.